The molecule has 0 aliphatic rings. The molecule has 0 radical (unpaired) electrons. The summed E-state index contributed by atoms with van der Waals surface area (Å²) in [6.07, 6.45) is 1.68. The Bertz CT molecular complexity index is 332. The van der Waals surface area contributed by atoms with E-state index in [0.29, 0.717) is 18.0 Å². The minimum atomic E-state index is 0.589. The van der Waals surface area contributed by atoms with Gasteiger partial charge in [0.05, 0.1) is 12.2 Å². The molecule has 0 unspecified atom stereocenters. The van der Waals surface area contributed by atoms with Crippen LogP contribution in [-0.4, -0.2) is 32.3 Å². The molecule has 0 fully saturated rings. The van der Waals surface area contributed by atoms with Gasteiger partial charge in [0, 0.05) is 26.9 Å². The average molecular weight is 191 g/mol. The largest absolute Gasteiger partial charge is 0.383 e. The Hall–Kier alpha value is -1.60. The first-order valence-electron chi connectivity index (χ1n) is 4.34. The molecule has 0 saturated heterocycles. The molecule has 1 aromatic heterocycles. The van der Waals surface area contributed by atoms with Gasteiger partial charge in [0.2, 0.25) is 0 Å². The predicted octanol–water partition coefficient (Wildman–Crippen LogP) is 1.04. The Morgan fingerprint density at radius 2 is 2.43 bits per heavy atom. The van der Waals surface area contributed by atoms with Crippen LogP contribution in [0.3, 0.4) is 0 Å². The summed E-state index contributed by atoms with van der Waals surface area (Å²) in [5.41, 5.74) is 0.589. The Balaban J connectivity index is 2.79. The van der Waals surface area contributed by atoms with Crippen LogP contribution in [0.1, 0.15) is 5.56 Å². The Kier molecular flexibility index (Phi) is 3.89. The maximum absolute atomic E-state index is 8.84. The van der Waals surface area contributed by atoms with Gasteiger partial charge < -0.3 is 9.64 Å². The minimum Gasteiger partial charge on any atom is -0.383 e. The van der Waals surface area contributed by atoms with Crippen LogP contribution in [0.4, 0.5) is 5.82 Å². The summed E-state index contributed by atoms with van der Waals surface area (Å²) in [4.78, 5) is 6.06. The van der Waals surface area contributed by atoms with E-state index < -0.39 is 0 Å². The molecule has 0 saturated carbocycles. The molecule has 4 nitrogen and oxygen atoms in total. The lowest BCUT2D eigenvalue weighted by Crippen LogP contribution is -2.23. The molecular weight excluding hydrogens is 178 g/mol. The predicted molar refractivity (Wildman–Crippen MR) is 54.1 cm³/mol. The molecule has 0 aromatic carbocycles. The zero-order valence-electron chi connectivity index (χ0n) is 8.40. The maximum atomic E-state index is 8.84. The number of nitriles is 1. The lowest BCUT2D eigenvalue weighted by Gasteiger charge is -2.18. The minimum absolute atomic E-state index is 0.589. The van der Waals surface area contributed by atoms with Gasteiger partial charge in [-0.3, -0.25) is 0 Å². The summed E-state index contributed by atoms with van der Waals surface area (Å²) in [7, 11) is 3.54. The highest BCUT2D eigenvalue weighted by molar-refractivity contribution is 5.52. The van der Waals surface area contributed by atoms with Crippen molar-refractivity contribution in [2.24, 2.45) is 0 Å². The van der Waals surface area contributed by atoms with Crippen LogP contribution >= 0.6 is 0 Å². The molecule has 0 aliphatic carbocycles. The normalized spacial score (nSPS) is 9.50. The second kappa shape index (κ2) is 5.20. The highest BCUT2D eigenvalue weighted by Crippen LogP contribution is 2.13. The van der Waals surface area contributed by atoms with E-state index in [1.807, 2.05) is 11.9 Å². The number of anilines is 1. The number of ether oxygens (including phenoxy) is 1. The number of aromatic nitrogens is 1. The van der Waals surface area contributed by atoms with Gasteiger partial charge in [-0.25, -0.2) is 4.98 Å². The van der Waals surface area contributed by atoms with Gasteiger partial charge in [-0.1, -0.05) is 0 Å². The van der Waals surface area contributed by atoms with Crippen molar-refractivity contribution in [3.8, 4) is 6.07 Å². The average Bonchev–Trinajstić information content (AvgIpc) is 2.25. The van der Waals surface area contributed by atoms with E-state index in [2.05, 4.69) is 11.1 Å². The molecule has 0 amide bonds. The molecule has 0 aliphatic heterocycles. The topological polar surface area (TPSA) is 49.1 Å². The highest BCUT2D eigenvalue weighted by atomic mass is 16.5. The number of methoxy groups -OCH3 is 1. The van der Waals surface area contributed by atoms with Crippen molar-refractivity contribution in [2.45, 2.75) is 0 Å². The van der Waals surface area contributed by atoms with Crippen LogP contribution < -0.4 is 4.90 Å². The van der Waals surface area contributed by atoms with Gasteiger partial charge in [0.15, 0.2) is 0 Å². The summed E-state index contributed by atoms with van der Waals surface area (Å²) >= 11 is 0. The number of nitrogens with zero attached hydrogens (tertiary/aromatic N) is 3. The lowest BCUT2D eigenvalue weighted by atomic mass is 10.2. The summed E-state index contributed by atoms with van der Waals surface area (Å²) in [6, 6.07) is 5.62. The number of pyridine rings is 1. The second-order valence-corrected chi connectivity index (χ2v) is 2.90. The SMILES string of the molecule is COCCN(C)c1ncccc1C#N. The summed E-state index contributed by atoms with van der Waals surface area (Å²) < 4.78 is 4.96. The monoisotopic (exact) mass is 191 g/mol. The van der Waals surface area contributed by atoms with E-state index in [1.54, 1.807) is 25.4 Å². The van der Waals surface area contributed by atoms with Gasteiger partial charge in [-0.2, -0.15) is 5.26 Å². The number of hydrogen-bond acceptors (Lipinski definition) is 4. The van der Waals surface area contributed by atoms with E-state index in [1.165, 1.54) is 0 Å². The van der Waals surface area contributed by atoms with E-state index in [9.17, 15) is 0 Å². The Morgan fingerprint density at radius 3 is 3.07 bits per heavy atom. The fourth-order valence-corrected chi connectivity index (χ4v) is 1.12. The third kappa shape index (κ3) is 2.44. The fraction of sp³-hybridized carbons (Fsp3) is 0.400. The summed E-state index contributed by atoms with van der Waals surface area (Å²) in [5, 5.41) is 8.84. The number of likely N-dealkylation sites (N-methyl/N-ethyl adjacent to an activating group) is 1. The second-order valence-electron chi connectivity index (χ2n) is 2.90. The molecule has 0 atom stereocenters. The first kappa shape index (κ1) is 10.5. The molecule has 74 valence electrons. The van der Waals surface area contributed by atoms with Crippen LogP contribution in [0.2, 0.25) is 0 Å². The Morgan fingerprint density at radius 1 is 1.64 bits per heavy atom. The van der Waals surface area contributed by atoms with Crippen molar-refractivity contribution in [1.82, 2.24) is 4.98 Å². The molecule has 0 N–H and O–H groups in total. The number of hydrogen-bond donors (Lipinski definition) is 0. The lowest BCUT2D eigenvalue weighted by molar-refractivity contribution is 0.206. The van der Waals surface area contributed by atoms with E-state index in [0.717, 1.165) is 6.54 Å². The van der Waals surface area contributed by atoms with Gasteiger partial charge >= 0.3 is 0 Å². The third-order valence-corrected chi connectivity index (χ3v) is 1.90. The van der Waals surface area contributed by atoms with Gasteiger partial charge in [-0.15, -0.1) is 0 Å². The molecule has 1 heterocycles. The van der Waals surface area contributed by atoms with Crippen LogP contribution in [0.25, 0.3) is 0 Å². The van der Waals surface area contributed by atoms with Crippen molar-refractivity contribution in [1.29, 1.82) is 5.26 Å². The van der Waals surface area contributed by atoms with Crippen molar-refractivity contribution < 1.29 is 4.74 Å². The van der Waals surface area contributed by atoms with Crippen molar-refractivity contribution in [3.63, 3.8) is 0 Å². The third-order valence-electron chi connectivity index (χ3n) is 1.90. The quantitative estimate of drug-likeness (QED) is 0.713. The smallest absolute Gasteiger partial charge is 0.146 e. The maximum Gasteiger partial charge on any atom is 0.146 e. The van der Waals surface area contributed by atoms with Crippen molar-refractivity contribution in [3.05, 3.63) is 23.9 Å². The van der Waals surface area contributed by atoms with Gasteiger partial charge in [0.1, 0.15) is 11.9 Å². The molecule has 0 spiro atoms. The first-order valence-corrected chi connectivity index (χ1v) is 4.34. The van der Waals surface area contributed by atoms with E-state index >= 15 is 0 Å². The summed E-state index contributed by atoms with van der Waals surface area (Å²) in [6.45, 7) is 1.35. The van der Waals surface area contributed by atoms with Crippen LogP contribution in [0.15, 0.2) is 18.3 Å². The zero-order valence-corrected chi connectivity index (χ0v) is 8.40. The molecule has 4 heteroatoms. The van der Waals surface area contributed by atoms with Crippen molar-refractivity contribution >= 4 is 5.82 Å². The van der Waals surface area contributed by atoms with Crippen molar-refractivity contribution in [2.75, 3.05) is 32.2 Å². The molecule has 1 rings (SSSR count). The van der Waals surface area contributed by atoms with E-state index in [-0.39, 0.29) is 0 Å². The molecule has 14 heavy (non-hydrogen) atoms. The van der Waals surface area contributed by atoms with E-state index in [4.69, 9.17) is 10.00 Å². The summed E-state index contributed by atoms with van der Waals surface area (Å²) in [5.74, 6) is 0.701. The standard InChI is InChI=1S/C10H13N3O/c1-13(6-7-14-2)10-9(8-11)4-3-5-12-10/h3-5H,6-7H2,1-2H3. The van der Waals surface area contributed by atoms with Gasteiger partial charge in [0.25, 0.3) is 0 Å². The fourth-order valence-electron chi connectivity index (χ4n) is 1.12. The Labute approximate surface area is 83.7 Å². The highest BCUT2D eigenvalue weighted by Gasteiger charge is 2.06. The van der Waals surface area contributed by atoms with Crippen LogP contribution in [0.5, 0.6) is 0 Å². The first-order chi connectivity index (χ1) is 6.79. The number of rotatable bonds is 4. The molecule has 1 aromatic rings. The molecule has 0 bridgehead atoms. The molecular formula is C10H13N3O. The van der Waals surface area contributed by atoms with Crippen LogP contribution in [0, 0.1) is 11.3 Å². The van der Waals surface area contributed by atoms with Crippen LogP contribution in [-0.2, 0) is 4.74 Å². The zero-order chi connectivity index (χ0) is 10.4. The van der Waals surface area contributed by atoms with Gasteiger partial charge in [-0.05, 0) is 12.1 Å².